The Morgan fingerprint density at radius 2 is 1.91 bits per heavy atom. The fourth-order valence-corrected chi connectivity index (χ4v) is 6.19. The van der Waals surface area contributed by atoms with Gasteiger partial charge < -0.3 is 19.9 Å². The van der Waals surface area contributed by atoms with Crippen LogP contribution in [0.3, 0.4) is 0 Å². The molecule has 2 bridgehead atoms. The zero-order valence-corrected chi connectivity index (χ0v) is 22.0. The van der Waals surface area contributed by atoms with Gasteiger partial charge in [0.1, 0.15) is 11.6 Å². The average molecular weight is 491 g/mol. The van der Waals surface area contributed by atoms with Crippen LogP contribution in [0.2, 0.25) is 0 Å². The molecule has 0 saturated carbocycles. The fraction of sp³-hybridized carbons (Fsp3) is 0.615. The maximum Gasteiger partial charge on any atom is 0.223 e. The van der Waals surface area contributed by atoms with Gasteiger partial charge in [-0.05, 0) is 30.9 Å². The second kappa shape index (κ2) is 12.5. The highest BCUT2D eigenvalue weighted by Gasteiger charge is 2.39. The lowest BCUT2D eigenvalue weighted by Crippen LogP contribution is -2.51. The second-order valence-corrected chi connectivity index (χ2v) is 9.40. The molecule has 2 atom stereocenters. The summed E-state index contributed by atoms with van der Waals surface area (Å²) in [6.45, 7) is 11.4. The van der Waals surface area contributed by atoms with Gasteiger partial charge in [-0.25, -0.2) is 9.37 Å². The van der Waals surface area contributed by atoms with Crippen LogP contribution in [-0.4, -0.2) is 54.6 Å². The van der Waals surface area contributed by atoms with Gasteiger partial charge in [0.25, 0.3) is 0 Å². The number of aryl methyl sites for hydroxylation is 1. The van der Waals surface area contributed by atoms with Crippen molar-refractivity contribution in [2.45, 2.75) is 78.4 Å². The summed E-state index contributed by atoms with van der Waals surface area (Å²) < 4.78 is 18.6. The Morgan fingerprint density at radius 1 is 1.21 bits per heavy atom. The third kappa shape index (κ3) is 5.71. The van der Waals surface area contributed by atoms with Crippen LogP contribution in [0.15, 0.2) is 18.2 Å². The molecule has 2 unspecified atom stereocenters. The lowest BCUT2D eigenvalue weighted by Gasteiger charge is -2.35. The van der Waals surface area contributed by atoms with E-state index in [1.807, 2.05) is 32.6 Å². The molecular weight excluding hydrogens is 451 g/mol. The molecule has 2 fully saturated rings. The highest BCUT2D eigenvalue weighted by Crippen LogP contribution is 2.38. The number of methoxy groups -OCH3 is 1. The number of benzene rings is 1. The fourth-order valence-electron chi connectivity index (χ4n) is 4.92. The van der Waals surface area contributed by atoms with Gasteiger partial charge in [0.15, 0.2) is 5.13 Å². The average Bonchev–Trinajstić information content (AvgIpc) is 3.41. The summed E-state index contributed by atoms with van der Waals surface area (Å²) in [5.74, 6) is 0.301. The van der Waals surface area contributed by atoms with E-state index in [9.17, 15) is 9.18 Å². The van der Waals surface area contributed by atoms with Crippen LogP contribution in [0.25, 0.3) is 0 Å². The highest BCUT2D eigenvalue weighted by molar-refractivity contribution is 7.15. The SMILES string of the molecule is CC.CC.COc1cc(F)ccc1CCC(=O)N1CCc2nc(N3C4CCC3CNC4)sc2C1. The van der Waals surface area contributed by atoms with E-state index in [0.717, 1.165) is 35.9 Å². The Morgan fingerprint density at radius 3 is 2.59 bits per heavy atom. The molecule has 2 aromatic rings. The Hall–Kier alpha value is -2.19. The van der Waals surface area contributed by atoms with E-state index < -0.39 is 0 Å². The number of rotatable bonds is 5. The maximum absolute atomic E-state index is 13.4. The number of halogens is 1. The van der Waals surface area contributed by atoms with Crippen molar-refractivity contribution in [2.75, 3.05) is 31.6 Å². The standard InChI is InChI=1S/C22H27FN4O2S.2C2H6/c1-29-19-10-15(23)4-2-14(19)3-7-21(28)26-9-8-18-20(13-26)30-22(25-18)27-16-5-6-17(27)12-24-11-16;2*1-2/h2,4,10,16-17,24H,3,5-9,11-13H2,1H3;2*1-2H3. The zero-order valence-electron chi connectivity index (χ0n) is 21.2. The van der Waals surface area contributed by atoms with Crippen LogP contribution >= 0.6 is 11.3 Å². The third-order valence-electron chi connectivity index (χ3n) is 6.53. The number of aromatic nitrogens is 1. The first-order valence-electron chi connectivity index (χ1n) is 12.7. The summed E-state index contributed by atoms with van der Waals surface area (Å²) in [4.78, 5) is 23.5. The van der Waals surface area contributed by atoms with Crippen molar-refractivity contribution in [1.82, 2.24) is 15.2 Å². The number of hydrogen-bond acceptors (Lipinski definition) is 6. The van der Waals surface area contributed by atoms with Crippen molar-refractivity contribution in [3.05, 3.63) is 40.2 Å². The van der Waals surface area contributed by atoms with Crippen molar-refractivity contribution in [3.63, 3.8) is 0 Å². The number of carbonyl (C=O) groups is 1. The van der Waals surface area contributed by atoms with Crippen LogP contribution < -0.4 is 15.0 Å². The van der Waals surface area contributed by atoms with E-state index in [0.29, 0.717) is 43.8 Å². The molecule has 0 radical (unpaired) electrons. The minimum absolute atomic E-state index is 0.129. The van der Waals surface area contributed by atoms with E-state index in [-0.39, 0.29) is 11.7 Å². The summed E-state index contributed by atoms with van der Waals surface area (Å²) in [5.41, 5.74) is 2.02. The van der Waals surface area contributed by atoms with Crippen molar-refractivity contribution < 1.29 is 13.9 Å². The van der Waals surface area contributed by atoms with Crippen molar-refractivity contribution in [1.29, 1.82) is 0 Å². The summed E-state index contributed by atoms with van der Waals surface area (Å²) in [5, 5.41) is 4.66. The number of fused-ring (bicyclic) bond motifs is 3. The summed E-state index contributed by atoms with van der Waals surface area (Å²) in [7, 11) is 1.53. The van der Waals surface area contributed by atoms with Gasteiger partial charge in [0.05, 0.1) is 19.3 Å². The predicted octanol–water partition coefficient (Wildman–Crippen LogP) is 4.80. The molecule has 2 saturated heterocycles. The molecule has 0 aliphatic carbocycles. The Balaban J connectivity index is 0.000000771. The monoisotopic (exact) mass is 490 g/mol. The molecule has 8 heteroatoms. The van der Waals surface area contributed by atoms with Gasteiger partial charge in [0.2, 0.25) is 5.91 Å². The maximum atomic E-state index is 13.4. The summed E-state index contributed by atoms with van der Waals surface area (Å²) in [6, 6.07) is 5.60. The van der Waals surface area contributed by atoms with Gasteiger partial charge >= 0.3 is 0 Å². The highest BCUT2D eigenvalue weighted by atomic mass is 32.1. The van der Waals surface area contributed by atoms with E-state index >= 15 is 0 Å². The van der Waals surface area contributed by atoms with Gasteiger partial charge in [-0.1, -0.05) is 45.1 Å². The number of ether oxygens (including phenoxy) is 1. The molecule has 1 aromatic heterocycles. The van der Waals surface area contributed by atoms with Crippen molar-refractivity contribution >= 4 is 22.4 Å². The van der Waals surface area contributed by atoms with Crippen LogP contribution in [0.5, 0.6) is 5.75 Å². The normalized spacial score (nSPS) is 20.5. The molecule has 1 N–H and O–H groups in total. The van der Waals surface area contributed by atoms with Gasteiger partial charge in [-0.3, -0.25) is 4.79 Å². The summed E-state index contributed by atoms with van der Waals surface area (Å²) >= 11 is 1.76. The molecule has 1 amide bonds. The van der Waals surface area contributed by atoms with Crippen LogP contribution in [0, 0.1) is 5.82 Å². The molecule has 3 aliphatic rings. The summed E-state index contributed by atoms with van der Waals surface area (Å²) in [6.07, 6.45) is 4.23. The lowest BCUT2D eigenvalue weighted by molar-refractivity contribution is -0.132. The van der Waals surface area contributed by atoms with Crippen molar-refractivity contribution in [3.8, 4) is 5.75 Å². The molecule has 1 aromatic carbocycles. The Kier molecular flexibility index (Phi) is 9.71. The largest absolute Gasteiger partial charge is 0.496 e. The van der Waals surface area contributed by atoms with E-state index in [1.165, 1.54) is 37.0 Å². The van der Waals surface area contributed by atoms with Crippen LogP contribution in [0.4, 0.5) is 9.52 Å². The Bertz CT molecular complexity index is 935. The first-order chi connectivity index (χ1) is 16.6. The number of hydrogen-bond donors (Lipinski definition) is 1. The van der Waals surface area contributed by atoms with E-state index in [4.69, 9.17) is 9.72 Å². The smallest absolute Gasteiger partial charge is 0.223 e. The molecule has 34 heavy (non-hydrogen) atoms. The minimum Gasteiger partial charge on any atom is -0.496 e. The number of nitrogens with zero attached hydrogens (tertiary/aromatic N) is 3. The van der Waals surface area contributed by atoms with Crippen molar-refractivity contribution in [2.24, 2.45) is 0 Å². The van der Waals surface area contributed by atoms with Crippen LogP contribution in [-0.2, 0) is 24.2 Å². The van der Waals surface area contributed by atoms with Crippen LogP contribution in [0.1, 0.15) is 63.1 Å². The number of nitrogens with one attached hydrogen (secondary N) is 1. The molecule has 188 valence electrons. The molecular formula is C26H39FN4O2S. The zero-order chi connectivity index (χ0) is 24.7. The van der Waals surface area contributed by atoms with Gasteiger partial charge in [-0.15, -0.1) is 0 Å². The lowest BCUT2D eigenvalue weighted by atomic mass is 10.1. The first kappa shape index (κ1) is 26.4. The quantitative estimate of drug-likeness (QED) is 0.652. The molecule has 3 aliphatic heterocycles. The third-order valence-corrected chi connectivity index (χ3v) is 7.63. The minimum atomic E-state index is -0.329. The second-order valence-electron chi connectivity index (χ2n) is 8.34. The molecule has 4 heterocycles. The van der Waals surface area contributed by atoms with E-state index in [2.05, 4.69) is 10.2 Å². The number of carbonyl (C=O) groups excluding carboxylic acids is 1. The predicted molar refractivity (Wildman–Crippen MR) is 137 cm³/mol. The number of anilines is 1. The topological polar surface area (TPSA) is 57.7 Å². The number of piperazine rings is 1. The Labute approximate surface area is 207 Å². The van der Waals surface area contributed by atoms with Gasteiger partial charge in [0, 0.05) is 55.5 Å². The van der Waals surface area contributed by atoms with Gasteiger partial charge in [-0.2, -0.15) is 0 Å². The number of amides is 1. The molecule has 0 spiro atoms. The molecule has 5 rings (SSSR count). The number of thiazole rings is 1. The van der Waals surface area contributed by atoms with E-state index in [1.54, 1.807) is 17.4 Å². The molecule has 6 nitrogen and oxygen atoms in total. The first-order valence-corrected chi connectivity index (χ1v) is 13.5.